The zero-order valence-corrected chi connectivity index (χ0v) is 16.5. The Morgan fingerprint density at radius 1 is 1.33 bits per heavy atom. The molecule has 3 aliphatic rings. The van der Waals surface area contributed by atoms with Crippen molar-refractivity contribution in [1.29, 1.82) is 0 Å². The minimum Gasteiger partial charge on any atom is -0.493 e. The predicted octanol–water partition coefficient (Wildman–Crippen LogP) is 1.88. The Labute approximate surface area is 161 Å². The first-order valence-corrected chi connectivity index (χ1v) is 10.1. The second-order valence-corrected chi connectivity index (χ2v) is 8.30. The number of benzene rings is 1. The van der Waals surface area contributed by atoms with Gasteiger partial charge in [-0.1, -0.05) is 12.1 Å². The highest BCUT2D eigenvalue weighted by molar-refractivity contribution is 5.82. The molecule has 27 heavy (non-hydrogen) atoms. The third-order valence-corrected chi connectivity index (χ3v) is 6.46. The number of nitrogens with zero attached hydrogens (tertiary/aromatic N) is 2. The number of para-hydroxylation sites is 1. The van der Waals surface area contributed by atoms with E-state index in [1.807, 2.05) is 23.1 Å². The maximum Gasteiger partial charge on any atom is 0.240 e. The summed E-state index contributed by atoms with van der Waals surface area (Å²) in [6.45, 7) is 5.12. The normalized spacial score (nSPS) is 25.4. The fraction of sp³-hybridized carbons (Fsp3) is 0.667. The van der Waals surface area contributed by atoms with Gasteiger partial charge in [0.15, 0.2) is 11.5 Å². The van der Waals surface area contributed by atoms with E-state index < -0.39 is 0 Å². The second-order valence-electron chi connectivity index (χ2n) is 8.30. The van der Waals surface area contributed by atoms with E-state index in [0.29, 0.717) is 18.6 Å². The van der Waals surface area contributed by atoms with E-state index in [2.05, 4.69) is 17.3 Å². The highest BCUT2D eigenvalue weighted by Crippen LogP contribution is 2.42. The van der Waals surface area contributed by atoms with Crippen molar-refractivity contribution in [3.05, 3.63) is 23.8 Å². The molecule has 0 unspecified atom stereocenters. The van der Waals surface area contributed by atoms with Crippen LogP contribution in [0.1, 0.15) is 31.2 Å². The van der Waals surface area contributed by atoms with Gasteiger partial charge in [0.2, 0.25) is 5.91 Å². The second kappa shape index (κ2) is 7.68. The summed E-state index contributed by atoms with van der Waals surface area (Å²) in [4.78, 5) is 17.8. The first kappa shape index (κ1) is 18.6. The van der Waals surface area contributed by atoms with Crippen molar-refractivity contribution in [2.24, 2.45) is 5.41 Å². The molecule has 1 N–H and O–H groups in total. The number of hydrogen-bond donors (Lipinski definition) is 1. The average molecular weight is 373 g/mol. The van der Waals surface area contributed by atoms with Crippen LogP contribution in [0.4, 0.5) is 0 Å². The standard InChI is InChI=1S/C21H31N3O3/c1-23-15-21(7-9-22-10-8-21)13-17(23)20(25)24-11-4-12-27-19-16(14-24)5-3-6-18(19)26-2/h3,5-6,17,22H,4,7-15H2,1-2H3/t17-/m1/s1. The van der Waals surface area contributed by atoms with E-state index in [1.165, 1.54) is 12.8 Å². The van der Waals surface area contributed by atoms with Gasteiger partial charge in [0, 0.05) is 25.2 Å². The first-order valence-electron chi connectivity index (χ1n) is 10.1. The lowest BCUT2D eigenvalue weighted by atomic mass is 9.77. The number of likely N-dealkylation sites (N-methyl/N-ethyl adjacent to an activating group) is 1. The van der Waals surface area contributed by atoms with Gasteiger partial charge in [-0.3, -0.25) is 9.69 Å². The molecule has 2 fully saturated rings. The molecule has 4 rings (SSSR count). The van der Waals surface area contributed by atoms with E-state index in [9.17, 15) is 4.79 Å². The van der Waals surface area contributed by atoms with Gasteiger partial charge in [0.05, 0.1) is 19.8 Å². The third-order valence-electron chi connectivity index (χ3n) is 6.46. The summed E-state index contributed by atoms with van der Waals surface area (Å²) in [6.07, 6.45) is 4.18. The van der Waals surface area contributed by atoms with E-state index >= 15 is 0 Å². The van der Waals surface area contributed by atoms with Gasteiger partial charge in [-0.05, 0) is 57.3 Å². The van der Waals surface area contributed by atoms with Crippen LogP contribution < -0.4 is 14.8 Å². The van der Waals surface area contributed by atoms with Crippen LogP contribution in [0.5, 0.6) is 11.5 Å². The van der Waals surface area contributed by atoms with Crippen LogP contribution in [0.2, 0.25) is 0 Å². The quantitative estimate of drug-likeness (QED) is 0.858. The lowest BCUT2D eigenvalue weighted by molar-refractivity contribution is -0.136. The molecule has 0 bridgehead atoms. The number of amides is 1. The minimum atomic E-state index is -0.00231. The van der Waals surface area contributed by atoms with Crippen molar-refractivity contribution in [3.63, 3.8) is 0 Å². The summed E-state index contributed by atoms with van der Waals surface area (Å²) < 4.78 is 11.4. The summed E-state index contributed by atoms with van der Waals surface area (Å²) in [7, 11) is 3.77. The van der Waals surface area contributed by atoms with Crippen molar-refractivity contribution >= 4 is 5.91 Å². The number of ether oxygens (including phenoxy) is 2. The monoisotopic (exact) mass is 373 g/mol. The van der Waals surface area contributed by atoms with Crippen LogP contribution in [-0.4, -0.2) is 68.7 Å². The molecule has 1 amide bonds. The molecule has 1 spiro atoms. The number of carbonyl (C=O) groups is 1. The molecule has 6 nitrogen and oxygen atoms in total. The van der Waals surface area contributed by atoms with Gasteiger partial charge in [0.25, 0.3) is 0 Å². The van der Waals surface area contributed by atoms with Crippen molar-refractivity contribution < 1.29 is 14.3 Å². The van der Waals surface area contributed by atoms with Gasteiger partial charge >= 0.3 is 0 Å². The van der Waals surface area contributed by atoms with Crippen molar-refractivity contribution in [2.75, 3.05) is 46.9 Å². The van der Waals surface area contributed by atoms with Gasteiger partial charge in [-0.2, -0.15) is 0 Å². The molecule has 6 heteroatoms. The lowest BCUT2D eigenvalue weighted by Gasteiger charge is -2.33. The van der Waals surface area contributed by atoms with Crippen LogP contribution in [-0.2, 0) is 11.3 Å². The molecule has 0 aromatic heterocycles. The zero-order valence-electron chi connectivity index (χ0n) is 16.5. The molecular weight excluding hydrogens is 342 g/mol. The Morgan fingerprint density at radius 3 is 2.93 bits per heavy atom. The Balaban J connectivity index is 1.53. The van der Waals surface area contributed by atoms with E-state index in [1.54, 1.807) is 7.11 Å². The van der Waals surface area contributed by atoms with Crippen LogP contribution in [0.3, 0.4) is 0 Å². The van der Waals surface area contributed by atoms with Crippen molar-refractivity contribution in [2.45, 2.75) is 38.3 Å². The SMILES string of the molecule is COc1cccc2c1OCCCN(C(=O)[C@H]1CC3(CCNCC3)CN1C)C2. The number of carbonyl (C=O) groups excluding carboxylic acids is 1. The molecule has 2 saturated heterocycles. The molecule has 0 radical (unpaired) electrons. The largest absolute Gasteiger partial charge is 0.493 e. The first-order chi connectivity index (χ1) is 13.1. The number of piperidine rings is 1. The van der Waals surface area contributed by atoms with Crippen LogP contribution in [0.15, 0.2) is 18.2 Å². The van der Waals surface area contributed by atoms with Crippen LogP contribution >= 0.6 is 0 Å². The number of hydrogen-bond acceptors (Lipinski definition) is 5. The predicted molar refractivity (Wildman–Crippen MR) is 104 cm³/mol. The Kier molecular flexibility index (Phi) is 5.28. The van der Waals surface area contributed by atoms with E-state index in [0.717, 1.165) is 56.1 Å². The highest BCUT2D eigenvalue weighted by Gasteiger charge is 2.46. The fourth-order valence-corrected chi connectivity index (χ4v) is 4.99. The molecule has 0 aliphatic carbocycles. The summed E-state index contributed by atoms with van der Waals surface area (Å²) in [5.74, 6) is 1.80. The summed E-state index contributed by atoms with van der Waals surface area (Å²) in [5, 5.41) is 3.46. The Bertz CT molecular complexity index is 687. The zero-order chi connectivity index (χ0) is 18.9. The van der Waals surface area contributed by atoms with Crippen molar-refractivity contribution in [1.82, 2.24) is 15.1 Å². The average Bonchev–Trinajstić information content (AvgIpc) is 2.97. The molecule has 1 aromatic carbocycles. The molecule has 3 heterocycles. The van der Waals surface area contributed by atoms with Crippen molar-refractivity contribution in [3.8, 4) is 11.5 Å². The van der Waals surface area contributed by atoms with E-state index in [4.69, 9.17) is 9.47 Å². The minimum absolute atomic E-state index is 0.00231. The van der Waals surface area contributed by atoms with Gasteiger partial charge < -0.3 is 19.7 Å². The number of likely N-dealkylation sites (tertiary alicyclic amines) is 1. The summed E-state index contributed by atoms with van der Waals surface area (Å²) >= 11 is 0. The van der Waals surface area contributed by atoms with Gasteiger partial charge in [-0.15, -0.1) is 0 Å². The molecular formula is C21H31N3O3. The number of rotatable bonds is 2. The van der Waals surface area contributed by atoms with E-state index in [-0.39, 0.29) is 11.9 Å². The summed E-state index contributed by atoms with van der Waals surface area (Å²) in [6, 6.07) is 5.92. The Hall–Kier alpha value is -1.79. The molecule has 148 valence electrons. The molecule has 1 aromatic rings. The maximum absolute atomic E-state index is 13.5. The van der Waals surface area contributed by atoms with Crippen LogP contribution in [0.25, 0.3) is 0 Å². The topological polar surface area (TPSA) is 54.0 Å². The number of fused-ring (bicyclic) bond motifs is 1. The maximum atomic E-state index is 13.5. The van der Waals surface area contributed by atoms with Gasteiger partial charge in [0.1, 0.15) is 0 Å². The van der Waals surface area contributed by atoms with Gasteiger partial charge in [-0.25, -0.2) is 0 Å². The molecule has 0 saturated carbocycles. The lowest BCUT2D eigenvalue weighted by Crippen LogP contribution is -2.45. The third kappa shape index (κ3) is 3.65. The Morgan fingerprint density at radius 2 is 2.15 bits per heavy atom. The highest BCUT2D eigenvalue weighted by atomic mass is 16.5. The van der Waals surface area contributed by atoms with Crippen LogP contribution in [0, 0.1) is 5.41 Å². The number of nitrogens with one attached hydrogen (secondary N) is 1. The smallest absolute Gasteiger partial charge is 0.240 e. The summed E-state index contributed by atoms with van der Waals surface area (Å²) in [5.41, 5.74) is 1.34. The molecule has 3 aliphatic heterocycles. The number of methoxy groups -OCH3 is 1. The fourth-order valence-electron chi connectivity index (χ4n) is 4.99. The molecule has 1 atom stereocenters.